The maximum atomic E-state index is 11.5. The van der Waals surface area contributed by atoms with Crippen LogP contribution >= 0.6 is 0 Å². The molecule has 0 aliphatic carbocycles. The molecule has 2 rings (SSSR count). The zero-order valence-corrected chi connectivity index (χ0v) is 10.3. The average Bonchev–Trinajstić information content (AvgIpc) is 2.73. The maximum absolute atomic E-state index is 11.5. The van der Waals surface area contributed by atoms with E-state index in [-0.39, 0.29) is 17.3 Å². The number of rotatable bonds is 4. The largest absolute Gasteiger partial charge is 0.466 e. The van der Waals surface area contributed by atoms with Crippen LogP contribution in [0.5, 0.6) is 0 Å². The molecule has 1 aliphatic heterocycles. The molecule has 0 spiro atoms. The van der Waals surface area contributed by atoms with Crippen molar-refractivity contribution in [3.63, 3.8) is 0 Å². The summed E-state index contributed by atoms with van der Waals surface area (Å²) >= 11 is 0. The Morgan fingerprint density at radius 2 is 2.44 bits per heavy atom. The molecule has 0 radical (unpaired) electrons. The maximum Gasteiger partial charge on any atom is 0.302 e. The number of hydrogen-bond acceptors (Lipinski definition) is 4. The van der Waals surface area contributed by atoms with Crippen molar-refractivity contribution in [1.29, 1.82) is 0 Å². The van der Waals surface area contributed by atoms with Gasteiger partial charge in [0.1, 0.15) is 0 Å². The topological polar surface area (TPSA) is 68.3 Å². The number of pyridine rings is 1. The van der Waals surface area contributed by atoms with E-state index < -0.39 is 0 Å². The zero-order valence-electron chi connectivity index (χ0n) is 10.3. The summed E-state index contributed by atoms with van der Waals surface area (Å²) in [6.07, 6.45) is 4.51. The highest BCUT2D eigenvalue weighted by Gasteiger charge is 2.40. The van der Waals surface area contributed by atoms with Crippen molar-refractivity contribution in [2.24, 2.45) is 0 Å². The molecule has 2 heterocycles. The molecule has 1 fully saturated rings. The Balaban J connectivity index is 2.14. The van der Waals surface area contributed by atoms with Crippen molar-refractivity contribution in [3.8, 4) is 0 Å². The molecule has 1 aromatic rings. The van der Waals surface area contributed by atoms with Crippen molar-refractivity contribution < 1.29 is 14.3 Å². The highest BCUT2D eigenvalue weighted by molar-refractivity contribution is 5.80. The molecule has 1 aliphatic rings. The van der Waals surface area contributed by atoms with Crippen LogP contribution in [0.2, 0.25) is 0 Å². The van der Waals surface area contributed by atoms with Crippen LogP contribution < -0.4 is 5.32 Å². The fraction of sp³-hybridized carbons (Fsp3) is 0.462. The Hall–Kier alpha value is -1.91. The van der Waals surface area contributed by atoms with Gasteiger partial charge in [-0.25, -0.2) is 0 Å². The first-order chi connectivity index (χ1) is 8.62. The first-order valence-corrected chi connectivity index (χ1v) is 5.93. The lowest BCUT2D eigenvalue weighted by Gasteiger charge is -2.27. The number of ether oxygens (including phenoxy) is 1. The Morgan fingerprint density at radius 3 is 3.00 bits per heavy atom. The van der Waals surface area contributed by atoms with Crippen LogP contribution in [-0.4, -0.2) is 30.0 Å². The molecule has 1 atom stereocenters. The molecule has 1 unspecified atom stereocenters. The summed E-state index contributed by atoms with van der Waals surface area (Å²) in [5.74, 6) is -0.268. The molecule has 1 aromatic heterocycles. The Bertz CT molecular complexity index is 447. The van der Waals surface area contributed by atoms with E-state index in [1.54, 1.807) is 12.4 Å². The Morgan fingerprint density at radius 1 is 1.61 bits per heavy atom. The van der Waals surface area contributed by atoms with Crippen molar-refractivity contribution in [2.45, 2.75) is 25.2 Å². The van der Waals surface area contributed by atoms with E-state index in [0.29, 0.717) is 26.0 Å². The summed E-state index contributed by atoms with van der Waals surface area (Å²) in [4.78, 5) is 26.4. The third-order valence-electron chi connectivity index (χ3n) is 3.28. The molecule has 1 saturated heterocycles. The van der Waals surface area contributed by atoms with Crippen molar-refractivity contribution in [2.75, 3.05) is 13.2 Å². The molecule has 0 bridgehead atoms. The lowest BCUT2D eigenvalue weighted by molar-refractivity contribution is -0.141. The van der Waals surface area contributed by atoms with Gasteiger partial charge >= 0.3 is 5.97 Å². The summed E-state index contributed by atoms with van der Waals surface area (Å²) in [5.41, 5.74) is 0.705. The van der Waals surface area contributed by atoms with Crippen LogP contribution in [-0.2, 0) is 19.7 Å². The fourth-order valence-corrected chi connectivity index (χ4v) is 2.29. The van der Waals surface area contributed by atoms with Gasteiger partial charge in [0.2, 0.25) is 5.91 Å². The van der Waals surface area contributed by atoms with Gasteiger partial charge in [-0.3, -0.25) is 14.6 Å². The van der Waals surface area contributed by atoms with E-state index in [0.717, 1.165) is 5.56 Å². The van der Waals surface area contributed by atoms with Gasteiger partial charge in [-0.2, -0.15) is 0 Å². The Kier molecular flexibility index (Phi) is 3.60. The molecular formula is C13H16N2O3. The van der Waals surface area contributed by atoms with Crippen molar-refractivity contribution in [1.82, 2.24) is 10.3 Å². The highest BCUT2D eigenvalue weighted by atomic mass is 16.5. The standard InChI is InChI=1S/C13H16N2O3/c1-10(16)18-6-4-13(7-12(17)15-9-13)11-3-2-5-14-8-11/h2-3,5,8H,4,6-7,9H2,1H3,(H,15,17). The second-order valence-corrected chi connectivity index (χ2v) is 4.57. The minimum Gasteiger partial charge on any atom is -0.466 e. The van der Waals surface area contributed by atoms with Crippen LogP contribution in [0.25, 0.3) is 0 Å². The smallest absolute Gasteiger partial charge is 0.302 e. The number of hydrogen-bond donors (Lipinski definition) is 1. The zero-order chi connectivity index (χ0) is 13.0. The van der Waals surface area contributed by atoms with Crippen molar-refractivity contribution >= 4 is 11.9 Å². The van der Waals surface area contributed by atoms with E-state index in [1.807, 2.05) is 12.1 Å². The minimum absolute atomic E-state index is 0.0293. The van der Waals surface area contributed by atoms with Crippen molar-refractivity contribution in [3.05, 3.63) is 30.1 Å². The normalized spacial score (nSPS) is 22.6. The van der Waals surface area contributed by atoms with Gasteiger partial charge < -0.3 is 10.1 Å². The SMILES string of the molecule is CC(=O)OCCC1(c2cccnc2)CNC(=O)C1. The number of nitrogens with zero attached hydrogens (tertiary/aromatic N) is 1. The lowest BCUT2D eigenvalue weighted by atomic mass is 9.78. The molecule has 5 heteroatoms. The van der Waals surface area contributed by atoms with E-state index in [1.165, 1.54) is 6.92 Å². The second-order valence-electron chi connectivity index (χ2n) is 4.57. The lowest BCUT2D eigenvalue weighted by Crippen LogP contribution is -2.31. The number of nitrogens with one attached hydrogen (secondary N) is 1. The second kappa shape index (κ2) is 5.16. The molecule has 0 saturated carbocycles. The van der Waals surface area contributed by atoms with Gasteiger partial charge in [-0.1, -0.05) is 6.07 Å². The molecule has 96 valence electrons. The van der Waals surface area contributed by atoms with Gasteiger partial charge in [-0.15, -0.1) is 0 Å². The van der Waals surface area contributed by atoms with E-state index in [4.69, 9.17) is 4.74 Å². The molecule has 1 amide bonds. The van der Waals surface area contributed by atoms with Crippen LogP contribution in [0, 0.1) is 0 Å². The highest BCUT2D eigenvalue weighted by Crippen LogP contribution is 2.34. The number of carbonyl (C=O) groups excluding carboxylic acids is 2. The van der Waals surface area contributed by atoms with Crippen LogP contribution in [0.4, 0.5) is 0 Å². The summed E-state index contributed by atoms with van der Waals surface area (Å²) in [6.45, 7) is 2.27. The van der Waals surface area contributed by atoms with Gasteiger partial charge in [0.15, 0.2) is 0 Å². The van der Waals surface area contributed by atoms with E-state index in [9.17, 15) is 9.59 Å². The van der Waals surface area contributed by atoms with Gasteiger partial charge in [-0.05, 0) is 18.1 Å². The van der Waals surface area contributed by atoms with Crippen LogP contribution in [0.15, 0.2) is 24.5 Å². The summed E-state index contributed by atoms with van der Waals surface area (Å²) in [6, 6.07) is 3.81. The summed E-state index contributed by atoms with van der Waals surface area (Å²) in [5, 5.41) is 2.84. The molecular weight excluding hydrogens is 232 g/mol. The first-order valence-electron chi connectivity index (χ1n) is 5.93. The number of amides is 1. The van der Waals surface area contributed by atoms with Gasteiger partial charge in [0.05, 0.1) is 6.61 Å². The molecule has 1 N–H and O–H groups in total. The van der Waals surface area contributed by atoms with Crippen LogP contribution in [0.3, 0.4) is 0 Å². The predicted octanol–water partition coefficient (Wildman–Crippen LogP) is 0.792. The molecule has 5 nitrogen and oxygen atoms in total. The monoisotopic (exact) mass is 248 g/mol. The number of carbonyl (C=O) groups is 2. The quantitative estimate of drug-likeness (QED) is 0.800. The third-order valence-corrected chi connectivity index (χ3v) is 3.28. The minimum atomic E-state index is -0.305. The van der Waals surface area contributed by atoms with Gasteiger partial charge in [0, 0.05) is 37.7 Å². The first kappa shape index (κ1) is 12.5. The Labute approximate surface area is 106 Å². The number of esters is 1. The number of aromatic nitrogens is 1. The predicted molar refractivity (Wildman–Crippen MR) is 64.8 cm³/mol. The van der Waals surface area contributed by atoms with Crippen LogP contribution in [0.1, 0.15) is 25.3 Å². The van der Waals surface area contributed by atoms with E-state index >= 15 is 0 Å². The third kappa shape index (κ3) is 2.67. The molecule has 0 aromatic carbocycles. The molecule has 18 heavy (non-hydrogen) atoms. The fourth-order valence-electron chi connectivity index (χ4n) is 2.29. The van der Waals surface area contributed by atoms with Gasteiger partial charge in [0.25, 0.3) is 0 Å². The summed E-state index contributed by atoms with van der Waals surface area (Å²) < 4.78 is 4.99. The summed E-state index contributed by atoms with van der Waals surface area (Å²) in [7, 11) is 0. The van der Waals surface area contributed by atoms with E-state index in [2.05, 4.69) is 10.3 Å². The average molecular weight is 248 g/mol.